The van der Waals surface area contributed by atoms with E-state index in [0.717, 1.165) is 12.1 Å². The molecule has 186 valence electrons. The molecule has 1 unspecified atom stereocenters. The van der Waals surface area contributed by atoms with Crippen molar-refractivity contribution in [3.63, 3.8) is 0 Å². The minimum Gasteiger partial charge on any atom is -0.506 e. The third-order valence-electron chi connectivity index (χ3n) is 5.37. The molecular weight excluding hydrogens is 487 g/mol. The van der Waals surface area contributed by atoms with Gasteiger partial charge in [0.25, 0.3) is 5.91 Å². The molecule has 0 spiro atoms. The van der Waals surface area contributed by atoms with Gasteiger partial charge in [-0.3, -0.25) is 4.79 Å². The zero-order valence-electron chi connectivity index (χ0n) is 18.8. The van der Waals surface area contributed by atoms with E-state index in [1.807, 2.05) is 0 Å². The van der Waals surface area contributed by atoms with Gasteiger partial charge < -0.3 is 24.6 Å². The van der Waals surface area contributed by atoms with Gasteiger partial charge in [0.05, 0.1) is 24.8 Å². The quantitative estimate of drug-likeness (QED) is 0.425. The van der Waals surface area contributed by atoms with Gasteiger partial charge in [0.1, 0.15) is 5.75 Å². The molecule has 0 aliphatic carbocycles. The van der Waals surface area contributed by atoms with Crippen molar-refractivity contribution >= 4 is 23.2 Å². The van der Waals surface area contributed by atoms with Crippen LogP contribution in [0.5, 0.6) is 17.2 Å². The molecule has 3 rings (SSSR count). The van der Waals surface area contributed by atoms with Crippen LogP contribution >= 0.6 is 11.6 Å². The molecule has 0 saturated heterocycles. The van der Waals surface area contributed by atoms with Gasteiger partial charge >= 0.3 is 6.18 Å². The Labute approximate surface area is 205 Å². The van der Waals surface area contributed by atoms with Crippen LogP contribution in [-0.4, -0.2) is 36.9 Å². The number of phenolic OH excluding ortho intramolecular Hbond substituents is 1. The molecule has 35 heavy (non-hydrogen) atoms. The average Bonchev–Trinajstić information content (AvgIpc) is 2.84. The molecule has 0 aliphatic heterocycles. The molecule has 1 atom stereocenters. The number of nitrogens with zero attached hydrogens (tertiary/aromatic N) is 1. The number of aliphatic hydroxyl groups is 1. The first-order valence-electron chi connectivity index (χ1n) is 10.4. The standard InChI is InChI=1S/C25H23ClF3NO5/c1-34-21-10-8-18(14-22(21)35-2)30(12-11-15-3-6-17(7-4-15)25(27,28)29)24(33)23(32)16-5-9-20(31)19(26)13-16/h3-10,13-14,23,31-32H,11-12H2,1-2H3. The van der Waals surface area contributed by atoms with Crippen LogP contribution in [-0.2, 0) is 17.4 Å². The van der Waals surface area contributed by atoms with E-state index in [2.05, 4.69) is 0 Å². The topological polar surface area (TPSA) is 79.2 Å². The lowest BCUT2D eigenvalue weighted by Crippen LogP contribution is -2.37. The highest BCUT2D eigenvalue weighted by molar-refractivity contribution is 6.32. The highest BCUT2D eigenvalue weighted by Crippen LogP contribution is 2.34. The molecule has 3 aromatic rings. The molecule has 3 aromatic carbocycles. The van der Waals surface area contributed by atoms with Gasteiger partial charge in [-0.1, -0.05) is 29.8 Å². The van der Waals surface area contributed by atoms with Crippen molar-refractivity contribution in [1.29, 1.82) is 0 Å². The fourth-order valence-corrected chi connectivity index (χ4v) is 3.63. The average molecular weight is 510 g/mol. The normalized spacial score (nSPS) is 12.2. The molecule has 0 aromatic heterocycles. The van der Waals surface area contributed by atoms with Crippen LogP contribution in [0.15, 0.2) is 60.7 Å². The Morgan fingerprint density at radius 3 is 2.23 bits per heavy atom. The van der Waals surface area contributed by atoms with Crippen molar-refractivity contribution in [1.82, 2.24) is 0 Å². The van der Waals surface area contributed by atoms with Crippen LogP contribution in [0.4, 0.5) is 18.9 Å². The SMILES string of the molecule is COc1ccc(N(CCc2ccc(C(F)(F)F)cc2)C(=O)C(O)c2ccc(O)c(Cl)c2)cc1OC. The van der Waals surface area contributed by atoms with Gasteiger partial charge in [-0.25, -0.2) is 0 Å². The maximum atomic E-state index is 13.4. The Balaban J connectivity index is 1.92. The van der Waals surface area contributed by atoms with E-state index in [4.69, 9.17) is 21.1 Å². The summed E-state index contributed by atoms with van der Waals surface area (Å²) in [6.07, 6.45) is -5.86. The second kappa shape index (κ2) is 10.9. The first kappa shape index (κ1) is 26.2. The summed E-state index contributed by atoms with van der Waals surface area (Å²) in [5, 5.41) is 20.4. The van der Waals surface area contributed by atoms with Crippen molar-refractivity contribution in [3.8, 4) is 17.2 Å². The fraction of sp³-hybridized carbons (Fsp3) is 0.240. The summed E-state index contributed by atoms with van der Waals surface area (Å²) in [6.45, 7) is 0.0442. The summed E-state index contributed by atoms with van der Waals surface area (Å²) in [6, 6.07) is 13.3. The van der Waals surface area contributed by atoms with Crippen LogP contribution in [0.1, 0.15) is 22.8 Å². The summed E-state index contributed by atoms with van der Waals surface area (Å²) < 4.78 is 49.2. The van der Waals surface area contributed by atoms with E-state index >= 15 is 0 Å². The minimum absolute atomic E-state index is 0.0308. The van der Waals surface area contributed by atoms with Gasteiger partial charge in [-0.15, -0.1) is 0 Å². The van der Waals surface area contributed by atoms with Crippen LogP contribution in [0.2, 0.25) is 5.02 Å². The number of benzene rings is 3. The van der Waals surface area contributed by atoms with Crippen LogP contribution in [0.3, 0.4) is 0 Å². The smallest absolute Gasteiger partial charge is 0.416 e. The number of hydrogen-bond donors (Lipinski definition) is 2. The van der Waals surface area contributed by atoms with E-state index in [1.54, 1.807) is 18.2 Å². The summed E-state index contributed by atoms with van der Waals surface area (Å²) in [4.78, 5) is 14.6. The lowest BCUT2D eigenvalue weighted by molar-refractivity contribution is -0.137. The van der Waals surface area contributed by atoms with Gasteiger partial charge in [0.2, 0.25) is 0 Å². The van der Waals surface area contributed by atoms with E-state index in [0.29, 0.717) is 22.7 Å². The van der Waals surface area contributed by atoms with Gasteiger partial charge in [-0.2, -0.15) is 13.2 Å². The minimum atomic E-state index is -4.45. The lowest BCUT2D eigenvalue weighted by Gasteiger charge is -2.26. The lowest BCUT2D eigenvalue weighted by atomic mass is 10.1. The van der Waals surface area contributed by atoms with Crippen LogP contribution < -0.4 is 14.4 Å². The predicted octanol–water partition coefficient (Wildman–Crippen LogP) is 5.39. The number of carbonyl (C=O) groups is 1. The Morgan fingerprint density at radius 2 is 1.66 bits per heavy atom. The summed E-state index contributed by atoms with van der Waals surface area (Å²) >= 11 is 5.92. The van der Waals surface area contributed by atoms with Crippen LogP contribution in [0, 0.1) is 0 Å². The van der Waals surface area contributed by atoms with E-state index in [9.17, 15) is 28.2 Å². The molecule has 0 saturated carbocycles. The third kappa shape index (κ3) is 6.17. The molecule has 0 bridgehead atoms. The first-order valence-corrected chi connectivity index (χ1v) is 10.8. The molecule has 0 aliphatic rings. The maximum absolute atomic E-state index is 13.4. The monoisotopic (exact) mass is 509 g/mol. The maximum Gasteiger partial charge on any atom is 0.416 e. The molecule has 0 radical (unpaired) electrons. The largest absolute Gasteiger partial charge is 0.506 e. The summed E-state index contributed by atoms with van der Waals surface area (Å²) in [5.74, 6) is -0.128. The molecule has 6 nitrogen and oxygen atoms in total. The number of methoxy groups -OCH3 is 2. The Morgan fingerprint density at radius 1 is 1.00 bits per heavy atom. The number of aromatic hydroxyl groups is 1. The van der Waals surface area contributed by atoms with Crippen molar-refractivity contribution in [2.45, 2.75) is 18.7 Å². The molecule has 1 amide bonds. The van der Waals surface area contributed by atoms with E-state index in [-0.39, 0.29) is 29.3 Å². The molecule has 0 fully saturated rings. The zero-order chi connectivity index (χ0) is 25.8. The van der Waals surface area contributed by atoms with Gasteiger partial charge in [-0.05, 0) is 53.9 Å². The Bertz CT molecular complexity index is 1180. The molecule has 2 N–H and O–H groups in total. The summed E-state index contributed by atoms with van der Waals surface area (Å²) in [7, 11) is 2.90. The highest BCUT2D eigenvalue weighted by atomic mass is 35.5. The summed E-state index contributed by atoms with van der Waals surface area (Å²) in [5.41, 5.74) is 0.341. The van der Waals surface area contributed by atoms with Crippen molar-refractivity contribution in [3.05, 3.63) is 82.4 Å². The number of halogens is 4. The zero-order valence-corrected chi connectivity index (χ0v) is 19.6. The fourth-order valence-electron chi connectivity index (χ4n) is 3.44. The number of aliphatic hydroxyl groups excluding tert-OH is 1. The van der Waals surface area contributed by atoms with Crippen molar-refractivity contribution in [2.75, 3.05) is 25.7 Å². The number of amides is 1. The molecular formula is C25H23ClF3NO5. The Hall–Kier alpha value is -3.43. The third-order valence-corrected chi connectivity index (χ3v) is 5.67. The number of rotatable bonds is 8. The van der Waals surface area contributed by atoms with Crippen molar-refractivity contribution in [2.24, 2.45) is 0 Å². The molecule has 0 heterocycles. The number of hydrogen-bond acceptors (Lipinski definition) is 5. The number of carbonyl (C=O) groups excluding carboxylic acids is 1. The first-order chi connectivity index (χ1) is 16.5. The second-order valence-electron chi connectivity index (χ2n) is 7.59. The highest BCUT2D eigenvalue weighted by Gasteiger charge is 2.30. The van der Waals surface area contributed by atoms with E-state index < -0.39 is 23.8 Å². The van der Waals surface area contributed by atoms with Gasteiger partial charge in [0.15, 0.2) is 17.6 Å². The second-order valence-corrected chi connectivity index (χ2v) is 7.99. The number of alkyl halides is 3. The van der Waals surface area contributed by atoms with E-state index in [1.165, 1.54) is 49.5 Å². The van der Waals surface area contributed by atoms with Gasteiger partial charge in [0, 0.05) is 18.3 Å². The van der Waals surface area contributed by atoms with Crippen molar-refractivity contribution < 1.29 is 37.7 Å². The molecule has 10 heteroatoms. The Kier molecular flexibility index (Phi) is 8.14. The van der Waals surface area contributed by atoms with Crippen LogP contribution in [0.25, 0.3) is 0 Å². The number of phenols is 1. The predicted molar refractivity (Wildman–Crippen MR) is 125 cm³/mol. The number of anilines is 1. The number of ether oxygens (including phenoxy) is 2.